The topological polar surface area (TPSA) is 37.5 Å². The fraction of sp³-hybridized carbons (Fsp3) is 0.222. The van der Waals surface area contributed by atoms with Crippen molar-refractivity contribution >= 4 is 21.6 Å². The Balaban J connectivity index is 2.57. The minimum absolute atomic E-state index is 0.502. The van der Waals surface area contributed by atoms with Gasteiger partial charge in [0.25, 0.3) is 0 Å². The van der Waals surface area contributed by atoms with Crippen LogP contribution in [-0.2, 0) is 0 Å². The molecule has 0 fully saturated rings. The van der Waals surface area contributed by atoms with Gasteiger partial charge in [-0.25, -0.2) is 4.98 Å². The molecule has 0 saturated carbocycles. The molecule has 0 aliphatic rings. The summed E-state index contributed by atoms with van der Waals surface area (Å²) in [5.41, 5.74) is 1.67. The summed E-state index contributed by atoms with van der Waals surface area (Å²) in [7, 11) is 0. The average molecular weight is 241 g/mol. The predicted molar refractivity (Wildman–Crippen MR) is 53.9 cm³/mol. The molecule has 0 spiro atoms. The van der Waals surface area contributed by atoms with Gasteiger partial charge in [0.15, 0.2) is 0 Å². The summed E-state index contributed by atoms with van der Waals surface area (Å²) in [5, 5.41) is 10.1. The van der Waals surface area contributed by atoms with E-state index in [4.69, 9.17) is 0 Å². The number of fused-ring (bicyclic) bond motifs is 1. The first-order valence-corrected chi connectivity index (χ1v) is 5.11. The second-order valence-electron chi connectivity index (χ2n) is 2.78. The van der Waals surface area contributed by atoms with Crippen LogP contribution < -0.4 is 0 Å². The monoisotopic (exact) mass is 240 g/mol. The smallest absolute Gasteiger partial charge is 0.136 e. The third-order valence-corrected chi connectivity index (χ3v) is 2.55. The molecule has 0 aromatic carbocycles. The number of aliphatic hydroxyl groups excluding tert-OH is 1. The SMILES string of the molecule is OC(CBr)c1cnc2ccccn12. The van der Waals surface area contributed by atoms with E-state index in [2.05, 4.69) is 20.9 Å². The molecule has 3 nitrogen and oxygen atoms in total. The molecule has 1 unspecified atom stereocenters. The standard InChI is InChI=1S/C9H9BrN2O/c10-5-8(13)7-6-11-9-3-1-2-4-12(7)9/h1-4,6,8,13H,5H2. The molecule has 2 rings (SSSR count). The fourth-order valence-electron chi connectivity index (χ4n) is 1.28. The first kappa shape index (κ1) is 8.72. The molecule has 2 aromatic heterocycles. The summed E-state index contributed by atoms with van der Waals surface area (Å²) in [6.07, 6.45) is 3.09. The van der Waals surface area contributed by atoms with Crippen molar-refractivity contribution in [1.82, 2.24) is 9.38 Å². The van der Waals surface area contributed by atoms with Gasteiger partial charge in [-0.2, -0.15) is 0 Å². The summed E-state index contributed by atoms with van der Waals surface area (Å²) in [4.78, 5) is 4.17. The molecule has 0 aliphatic heterocycles. The van der Waals surface area contributed by atoms with Crippen LogP contribution in [0.2, 0.25) is 0 Å². The summed E-state index contributed by atoms with van der Waals surface area (Å²) < 4.78 is 1.88. The Hall–Kier alpha value is -0.870. The Labute approximate surface area is 84.2 Å². The van der Waals surface area contributed by atoms with Crippen molar-refractivity contribution < 1.29 is 5.11 Å². The van der Waals surface area contributed by atoms with Gasteiger partial charge in [-0.05, 0) is 12.1 Å². The Bertz CT molecular complexity index is 413. The summed E-state index contributed by atoms with van der Waals surface area (Å²) in [6.45, 7) is 0. The Morgan fingerprint density at radius 3 is 3.15 bits per heavy atom. The van der Waals surface area contributed by atoms with E-state index in [0.29, 0.717) is 5.33 Å². The number of imidazole rings is 1. The van der Waals surface area contributed by atoms with Crippen LogP contribution in [0.3, 0.4) is 0 Å². The second kappa shape index (κ2) is 3.47. The summed E-state index contributed by atoms with van der Waals surface area (Å²) >= 11 is 3.23. The number of nitrogens with zero attached hydrogens (tertiary/aromatic N) is 2. The molecular weight excluding hydrogens is 232 g/mol. The lowest BCUT2D eigenvalue weighted by Crippen LogP contribution is -2.01. The van der Waals surface area contributed by atoms with E-state index in [0.717, 1.165) is 11.3 Å². The van der Waals surface area contributed by atoms with E-state index in [-0.39, 0.29) is 0 Å². The van der Waals surface area contributed by atoms with Gasteiger partial charge in [0.05, 0.1) is 11.9 Å². The molecule has 0 bridgehead atoms. The zero-order valence-corrected chi connectivity index (χ0v) is 8.48. The number of hydrogen-bond donors (Lipinski definition) is 1. The molecule has 1 N–H and O–H groups in total. The van der Waals surface area contributed by atoms with E-state index in [1.54, 1.807) is 6.20 Å². The van der Waals surface area contributed by atoms with Gasteiger partial charge in [0.1, 0.15) is 11.8 Å². The van der Waals surface area contributed by atoms with Crippen molar-refractivity contribution in [1.29, 1.82) is 0 Å². The third-order valence-electron chi connectivity index (χ3n) is 1.93. The van der Waals surface area contributed by atoms with Crippen LogP contribution >= 0.6 is 15.9 Å². The quantitative estimate of drug-likeness (QED) is 0.813. The van der Waals surface area contributed by atoms with Crippen LogP contribution in [0, 0.1) is 0 Å². The lowest BCUT2D eigenvalue weighted by molar-refractivity contribution is 0.199. The lowest BCUT2D eigenvalue weighted by Gasteiger charge is -2.05. The van der Waals surface area contributed by atoms with Gasteiger partial charge >= 0.3 is 0 Å². The highest BCUT2D eigenvalue weighted by atomic mass is 79.9. The number of alkyl halides is 1. The zero-order valence-electron chi connectivity index (χ0n) is 6.89. The first-order chi connectivity index (χ1) is 6.33. The van der Waals surface area contributed by atoms with E-state index < -0.39 is 6.10 Å². The third kappa shape index (κ3) is 1.47. The molecule has 0 saturated heterocycles. The van der Waals surface area contributed by atoms with Gasteiger partial charge in [-0.3, -0.25) is 0 Å². The largest absolute Gasteiger partial charge is 0.386 e. The van der Waals surface area contributed by atoms with E-state index in [9.17, 15) is 5.11 Å². The van der Waals surface area contributed by atoms with Crippen LogP contribution in [0.5, 0.6) is 0 Å². The minimum atomic E-state index is -0.502. The maximum atomic E-state index is 9.61. The van der Waals surface area contributed by atoms with Crippen molar-refractivity contribution in [3.8, 4) is 0 Å². The van der Waals surface area contributed by atoms with Crippen LogP contribution in [-0.4, -0.2) is 19.8 Å². The normalized spacial score (nSPS) is 13.4. The molecule has 1 atom stereocenters. The van der Waals surface area contributed by atoms with E-state index in [1.807, 2.05) is 28.8 Å². The number of halogens is 1. The van der Waals surface area contributed by atoms with Crippen LogP contribution in [0.1, 0.15) is 11.8 Å². The zero-order chi connectivity index (χ0) is 9.26. The van der Waals surface area contributed by atoms with Gasteiger partial charge < -0.3 is 9.51 Å². The molecular formula is C9H9BrN2O. The molecule has 2 heterocycles. The number of rotatable bonds is 2. The van der Waals surface area contributed by atoms with Crippen molar-refractivity contribution in [2.24, 2.45) is 0 Å². The van der Waals surface area contributed by atoms with Crippen LogP contribution in [0.15, 0.2) is 30.6 Å². The van der Waals surface area contributed by atoms with Crippen molar-refractivity contribution in [2.75, 3.05) is 5.33 Å². The molecule has 0 radical (unpaired) electrons. The van der Waals surface area contributed by atoms with Gasteiger partial charge in [-0.15, -0.1) is 0 Å². The van der Waals surface area contributed by atoms with Crippen molar-refractivity contribution in [2.45, 2.75) is 6.10 Å². The van der Waals surface area contributed by atoms with Crippen LogP contribution in [0.4, 0.5) is 0 Å². The van der Waals surface area contributed by atoms with Gasteiger partial charge in [-0.1, -0.05) is 22.0 Å². The molecule has 0 amide bonds. The summed E-state index contributed by atoms with van der Waals surface area (Å²) in [6, 6.07) is 5.75. The number of pyridine rings is 1. The van der Waals surface area contributed by atoms with Gasteiger partial charge in [0, 0.05) is 11.5 Å². The first-order valence-electron chi connectivity index (χ1n) is 3.99. The molecule has 2 aromatic rings. The Kier molecular flexibility index (Phi) is 2.33. The maximum Gasteiger partial charge on any atom is 0.136 e. The molecule has 13 heavy (non-hydrogen) atoms. The van der Waals surface area contributed by atoms with Crippen molar-refractivity contribution in [3.05, 3.63) is 36.3 Å². The van der Waals surface area contributed by atoms with Gasteiger partial charge in [0.2, 0.25) is 0 Å². The number of hydrogen-bond acceptors (Lipinski definition) is 2. The predicted octanol–water partition coefficient (Wildman–Crippen LogP) is 1.76. The molecule has 0 aliphatic carbocycles. The van der Waals surface area contributed by atoms with Crippen LogP contribution in [0.25, 0.3) is 5.65 Å². The Morgan fingerprint density at radius 2 is 2.38 bits per heavy atom. The highest BCUT2D eigenvalue weighted by Gasteiger charge is 2.10. The Morgan fingerprint density at radius 1 is 1.54 bits per heavy atom. The minimum Gasteiger partial charge on any atom is -0.386 e. The molecule has 68 valence electrons. The number of aromatic nitrogens is 2. The lowest BCUT2D eigenvalue weighted by atomic mass is 10.3. The molecule has 4 heteroatoms. The number of aliphatic hydroxyl groups is 1. The fourth-order valence-corrected chi connectivity index (χ4v) is 1.61. The highest BCUT2D eigenvalue weighted by molar-refractivity contribution is 9.09. The van der Waals surface area contributed by atoms with Crippen molar-refractivity contribution in [3.63, 3.8) is 0 Å². The second-order valence-corrected chi connectivity index (χ2v) is 3.43. The summed E-state index contributed by atoms with van der Waals surface area (Å²) in [5.74, 6) is 0. The average Bonchev–Trinajstić information content (AvgIpc) is 2.60. The van der Waals surface area contributed by atoms with E-state index in [1.165, 1.54) is 0 Å². The maximum absolute atomic E-state index is 9.61. The highest BCUT2D eigenvalue weighted by Crippen LogP contribution is 2.16. The van der Waals surface area contributed by atoms with E-state index >= 15 is 0 Å².